The highest BCUT2D eigenvalue weighted by atomic mass is 19.4. The number of halogens is 3. The van der Waals surface area contributed by atoms with E-state index in [9.17, 15) is 18.0 Å². The number of ether oxygens (including phenoxy) is 2. The highest BCUT2D eigenvalue weighted by Crippen LogP contribution is 2.47. The lowest BCUT2D eigenvalue weighted by Crippen LogP contribution is -2.31. The third-order valence-corrected chi connectivity index (χ3v) is 6.25. The lowest BCUT2D eigenvalue weighted by Gasteiger charge is -2.41. The minimum atomic E-state index is -4.73. The van der Waals surface area contributed by atoms with E-state index < -0.39 is 6.36 Å². The molecule has 3 aromatic rings. The van der Waals surface area contributed by atoms with Crippen molar-refractivity contribution < 1.29 is 27.4 Å². The second kappa shape index (κ2) is 8.72. The highest BCUT2D eigenvalue weighted by molar-refractivity contribution is 5.80. The summed E-state index contributed by atoms with van der Waals surface area (Å²) in [4.78, 5) is 19.1. The van der Waals surface area contributed by atoms with Crippen LogP contribution in [0.15, 0.2) is 42.5 Å². The van der Waals surface area contributed by atoms with Crippen molar-refractivity contribution >= 4 is 17.5 Å². The van der Waals surface area contributed by atoms with Crippen LogP contribution in [0.25, 0.3) is 22.4 Å². The Balaban J connectivity index is 1.61. The van der Waals surface area contributed by atoms with Crippen molar-refractivity contribution in [2.45, 2.75) is 52.5 Å². The van der Waals surface area contributed by atoms with Crippen LogP contribution in [0, 0.1) is 17.3 Å². The Hall–Kier alpha value is -3.03. The lowest BCUT2D eigenvalue weighted by molar-refractivity contribution is -0.274. The molecule has 8 heteroatoms. The van der Waals surface area contributed by atoms with E-state index >= 15 is 0 Å². The van der Waals surface area contributed by atoms with E-state index in [0.717, 1.165) is 30.3 Å². The molecule has 1 aromatic heterocycles. The van der Waals surface area contributed by atoms with Gasteiger partial charge in [0.15, 0.2) is 0 Å². The maximum Gasteiger partial charge on any atom is 0.573 e. The fraction of sp³-hybridized carbons (Fsp3) is 0.440. The smallest absolute Gasteiger partial charge is 0.459 e. The molecule has 4 rings (SSSR count). The molecule has 0 aliphatic heterocycles. The molecule has 176 valence electrons. The van der Waals surface area contributed by atoms with Crippen molar-refractivity contribution in [2.24, 2.45) is 17.3 Å². The number of nitrogens with one attached hydrogen (secondary N) is 1. The van der Waals surface area contributed by atoms with Gasteiger partial charge in [0.2, 0.25) is 0 Å². The second-order valence-electron chi connectivity index (χ2n) is 9.76. The van der Waals surface area contributed by atoms with Gasteiger partial charge in [0.25, 0.3) is 6.47 Å². The molecule has 1 fully saturated rings. The lowest BCUT2D eigenvalue weighted by atomic mass is 9.66. The first-order valence-corrected chi connectivity index (χ1v) is 11.0. The Labute approximate surface area is 190 Å². The topological polar surface area (TPSA) is 64.2 Å². The highest BCUT2D eigenvalue weighted by Gasteiger charge is 2.37. The molecule has 3 unspecified atom stereocenters. The van der Waals surface area contributed by atoms with Crippen molar-refractivity contribution in [1.82, 2.24) is 9.97 Å². The molecule has 3 atom stereocenters. The average Bonchev–Trinajstić information content (AvgIpc) is 3.13. The standard InChI is InChI=1S/C25H27F3N2O3/c1-15-10-18(13-24(2,3)12-15)22(32-14-31)17-6-9-20-21(11-17)30-23(29-20)16-4-7-19(8-5-16)33-25(26,27)28/h4-9,11,14-15,18,22H,10,12-13H2,1-3H3,(H,29,30). The largest absolute Gasteiger partial charge is 0.573 e. The van der Waals surface area contributed by atoms with Gasteiger partial charge in [-0.05, 0) is 72.6 Å². The number of carbonyl (C=O) groups excluding carboxylic acids is 1. The number of benzene rings is 2. The fourth-order valence-corrected chi connectivity index (χ4v) is 5.32. The van der Waals surface area contributed by atoms with Gasteiger partial charge in [0.05, 0.1) is 11.0 Å². The third-order valence-electron chi connectivity index (χ3n) is 6.25. The van der Waals surface area contributed by atoms with Crippen molar-refractivity contribution in [3.63, 3.8) is 0 Å². The minimum absolute atomic E-state index is 0.179. The zero-order chi connectivity index (χ0) is 23.8. The first-order valence-electron chi connectivity index (χ1n) is 11.0. The first-order chi connectivity index (χ1) is 15.5. The van der Waals surface area contributed by atoms with Gasteiger partial charge in [-0.2, -0.15) is 0 Å². The molecular formula is C25H27F3N2O3. The van der Waals surface area contributed by atoms with E-state index in [4.69, 9.17) is 4.74 Å². The number of imidazole rings is 1. The summed E-state index contributed by atoms with van der Waals surface area (Å²) in [6.45, 7) is 7.26. The quantitative estimate of drug-likeness (QED) is 0.411. The first kappa shape index (κ1) is 23.1. The van der Waals surface area contributed by atoms with Crippen molar-refractivity contribution in [1.29, 1.82) is 0 Å². The van der Waals surface area contributed by atoms with Gasteiger partial charge < -0.3 is 14.5 Å². The predicted octanol–water partition coefficient (Wildman–Crippen LogP) is 6.81. The summed E-state index contributed by atoms with van der Waals surface area (Å²) in [5.74, 6) is 0.997. The van der Waals surface area contributed by atoms with Crippen molar-refractivity contribution in [3.8, 4) is 17.1 Å². The van der Waals surface area contributed by atoms with Crippen LogP contribution in [0.5, 0.6) is 5.75 Å². The molecule has 33 heavy (non-hydrogen) atoms. The molecule has 0 saturated heterocycles. The number of fused-ring (bicyclic) bond motifs is 1. The summed E-state index contributed by atoms with van der Waals surface area (Å²) in [7, 11) is 0. The van der Waals surface area contributed by atoms with Crippen LogP contribution in [-0.2, 0) is 9.53 Å². The maximum absolute atomic E-state index is 12.4. The number of aromatic nitrogens is 2. The number of rotatable bonds is 6. The van der Waals surface area contributed by atoms with Gasteiger partial charge in [0.1, 0.15) is 17.7 Å². The maximum atomic E-state index is 12.4. The molecule has 1 aliphatic carbocycles. The average molecular weight is 460 g/mol. The molecule has 0 amide bonds. The number of aromatic amines is 1. The Kier molecular flexibility index (Phi) is 6.12. The zero-order valence-electron chi connectivity index (χ0n) is 18.8. The molecule has 0 spiro atoms. The number of H-pyrrole nitrogens is 1. The van der Waals surface area contributed by atoms with E-state index in [1.807, 2.05) is 18.2 Å². The van der Waals surface area contributed by atoms with Crippen LogP contribution >= 0.6 is 0 Å². The van der Waals surface area contributed by atoms with Gasteiger partial charge in [-0.15, -0.1) is 13.2 Å². The van der Waals surface area contributed by atoms with E-state index in [0.29, 0.717) is 29.3 Å². The predicted molar refractivity (Wildman–Crippen MR) is 118 cm³/mol. The van der Waals surface area contributed by atoms with Crippen LogP contribution < -0.4 is 4.74 Å². The molecule has 0 bridgehead atoms. The van der Waals surface area contributed by atoms with Gasteiger partial charge in [-0.25, -0.2) is 4.98 Å². The summed E-state index contributed by atoms with van der Waals surface area (Å²) in [5, 5.41) is 0. The van der Waals surface area contributed by atoms with Gasteiger partial charge in [-0.3, -0.25) is 4.79 Å². The zero-order valence-corrected chi connectivity index (χ0v) is 18.8. The van der Waals surface area contributed by atoms with Crippen molar-refractivity contribution in [3.05, 3.63) is 48.0 Å². The molecule has 5 nitrogen and oxygen atoms in total. The summed E-state index contributed by atoms with van der Waals surface area (Å²) >= 11 is 0. The van der Waals surface area contributed by atoms with Crippen LogP contribution in [0.2, 0.25) is 0 Å². The third kappa shape index (κ3) is 5.49. The van der Waals surface area contributed by atoms with Gasteiger partial charge in [0, 0.05) is 11.5 Å². The van der Waals surface area contributed by atoms with E-state index in [1.54, 1.807) is 0 Å². The SMILES string of the molecule is CC1CC(C(OC=O)c2ccc3[nH]c(-c4ccc(OC(F)(F)F)cc4)nc3c2)CC(C)(C)C1. The number of carbonyl (C=O) groups is 1. The molecule has 1 heterocycles. The number of nitrogens with zero attached hydrogens (tertiary/aromatic N) is 1. The molecular weight excluding hydrogens is 433 g/mol. The molecule has 2 aromatic carbocycles. The summed E-state index contributed by atoms with van der Waals surface area (Å²) in [6, 6.07) is 11.3. The van der Waals surface area contributed by atoms with Crippen molar-refractivity contribution in [2.75, 3.05) is 0 Å². The van der Waals surface area contributed by atoms with Gasteiger partial charge in [-0.1, -0.05) is 26.8 Å². The van der Waals surface area contributed by atoms with Crippen LogP contribution in [-0.4, -0.2) is 22.8 Å². The van der Waals surface area contributed by atoms with Crippen LogP contribution in [0.3, 0.4) is 0 Å². The normalized spacial score (nSPS) is 21.5. The van der Waals surface area contributed by atoms with E-state index in [1.165, 1.54) is 24.3 Å². The van der Waals surface area contributed by atoms with Crippen LogP contribution in [0.1, 0.15) is 51.7 Å². The number of hydrogen-bond donors (Lipinski definition) is 1. The molecule has 1 N–H and O–H groups in total. The Bertz CT molecular complexity index is 1120. The summed E-state index contributed by atoms with van der Waals surface area (Å²) < 4.78 is 46.7. The minimum Gasteiger partial charge on any atom is -0.459 e. The second-order valence-corrected chi connectivity index (χ2v) is 9.76. The Morgan fingerprint density at radius 1 is 1.15 bits per heavy atom. The van der Waals surface area contributed by atoms with E-state index in [-0.39, 0.29) is 23.2 Å². The molecule has 1 saturated carbocycles. The Morgan fingerprint density at radius 3 is 2.52 bits per heavy atom. The van der Waals surface area contributed by atoms with E-state index in [2.05, 4.69) is 35.5 Å². The summed E-state index contributed by atoms with van der Waals surface area (Å²) in [6.07, 6.45) is -1.99. The van der Waals surface area contributed by atoms with Crippen LogP contribution in [0.4, 0.5) is 13.2 Å². The summed E-state index contributed by atoms with van der Waals surface area (Å²) in [5.41, 5.74) is 3.17. The number of alkyl halides is 3. The number of hydrogen-bond acceptors (Lipinski definition) is 4. The Morgan fingerprint density at radius 2 is 1.88 bits per heavy atom. The fourth-order valence-electron chi connectivity index (χ4n) is 5.32. The molecule has 0 radical (unpaired) electrons. The monoisotopic (exact) mass is 460 g/mol. The van der Waals surface area contributed by atoms with Gasteiger partial charge >= 0.3 is 6.36 Å². The molecule has 1 aliphatic rings.